The van der Waals surface area contributed by atoms with Gasteiger partial charge in [0.15, 0.2) is 0 Å². The van der Waals surface area contributed by atoms with E-state index in [1.54, 1.807) is 0 Å². The zero-order chi connectivity index (χ0) is 16.0. The summed E-state index contributed by atoms with van der Waals surface area (Å²) in [6.07, 6.45) is 18.3. The van der Waals surface area contributed by atoms with Crippen LogP contribution >= 0.6 is 0 Å². The van der Waals surface area contributed by atoms with Gasteiger partial charge in [-0.3, -0.25) is 0 Å². The first-order valence-electron chi connectivity index (χ1n) is 9.71. The van der Waals surface area contributed by atoms with Gasteiger partial charge in [0.05, 0.1) is 0 Å². The molecule has 136 valence electrons. The second-order valence-corrected chi connectivity index (χ2v) is 7.92. The van der Waals surface area contributed by atoms with Gasteiger partial charge in [-0.2, -0.15) is 0 Å². The minimum atomic E-state index is 0. The van der Waals surface area contributed by atoms with E-state index in [0.29, 0.717) is 5.41 Å². The predicted molar refractivity (Wildman–Crippen MR) is 101 cm³/mol. The molecule has 4 N–H and O–H groups in total. The summed E-state index contributed by atoms with van der Waals surface area (Å²) < 4.78 is 0. The molecule has 0 atom stereocenters. The average Bonchev–Trinajstić information content (AvgIpc) is 2.43. The lowest BCUT2D eigenvalue weighted by Gasteiger charge is -2.29. The van der Waals surface area contributed by atoms with E-state index in [-0.39, 0.29) is 5.48 Å². The normalized spacial score (nSPS) is 11.7. The molecule has 0 aliphatic heterocycles. The largest absolute Gasteiger partial charge is 0.412 e. The van der Waals surface area contributed by atoms with Crippen LogP contribution in [-0.2, 0) is 0 Å². The number of hydrogen-bond acceptors (Lipinski definition) is 1. The van der Waals surface area contributed by atoms with Crippen molar-refractivity contribution in [3.63, 3.8) is 0 Å². The van der Waals surface area contributed by atoms with Gasteiger partial charge in [0.1, 0.15) is 0 Å². The predicted octanol–water partition coefficient (Wildman–Crippen LogP) is 5.87. The first-order valence-corrected chi connectivity index (χ1v) is 9.71. The van der Waals surface area contributed by atoms with E-state index in [2.05, 4.69) is 27.7 Å². The fraction of sp³-hybridized carbons (Fsp3) is 1.00. The van der Waals surface area contributed by atoms with Crippen LogP contribution in [0.1, 0.15) is 111 Å². The Bertz CT molecular complexity index is 214. The number of hydrogen-bond donors (Lipinski definition) is 1. The molecule has 0 bridgehead atoms. The molecular formula is C20H45NO. The highest BCUT2D eigenvalue weighted by Crippen LogP contribution is 2.32. The second-order valence-electron chi connectivity index (χ2n) is 7.92. The lowest BCUT2D eigenvalue weighted by atomic mass is 9.77. The molecule has 2 nitrogen and oxygen atoms in total. The summed E-state index contributed by atoms with van der Waals surface area (Å²) in [4.78, 5) is 0. The highest BCUT2D eigenvalue weighted by molar-refractivity contribution is 4.71. The second kappa shape index (κ2) is 15.8. The van der Waals surface area contributed by atoms with Crippen molar-refractivity contribution in [2.75, 3.05) is 6.54 Å². The van der Waals surface area contributed by atoms with E-state index in [4.69, 9.17) is 5.73 Å². The molecule has 0 aromatic heterocycles. The zero-order valence-corrected chi connectivity index (χ0v) is 16.1. The third-order valence-corrected chi connectivity index (χ3v) is 5.34. The molecule has 0 aromatic carbocycles. The van der Waals surface area contributed by atoms with Crippen molar-refractivity contribution in [2.45, 2.75) is 111 Å². The minimum absolute atomic E-state index is 0. The van der Waals surface area contributed by atoms with E-state index in [1.165, 1.54) is 83.5 Å². The molecule has 0 aliphatic carbocycles. The summed E-state index contributed by atoms with van der Waals surface area (Å²) in [6, 6.07) is 0. The third-order valence-electron chi connectivity index (χ3n) is 5.34. The van der Waals surface area contributed by atoms with E-state index in [1.807, 2.05) is 0 Å². The number of unbranched alkanes of at least 4 members (excludes halogenated alkanes) is 11. The molecule has 2 heteroatoms. The fourth-order valence-electron chi connectivity index (χ4n) is 2.78. The Labute approximate surface area is 140 Å². The molecule has 0 amide bonds. The van der Waals surface area contributed by atoms with Crippen molar-refractivity contribution in [2.24, 2.45) is 17.1 Å². The molecule has 0 aromatic rings. The van der Waals surface area contributed by atoms with Gasteiger partial charge in [0, 0.05) is 0 Å². The maximum Gasteiger partial charge on any atom is -0.00773 e. The Morgan fingerprint density at radius 2 is 0.955 bits per heavy atom. The standard InChI is InChI=1S/C20H43N.H2O/c1-19(2)20(3,4)17-15-13-11-9-7-5-6-8-10-12-14-16-18-21;/h19H,5-18,21H2,1-4H3;1H2. The van der Waals surface area contributed by atoms with Gasteiger partial charge in [0.25, 0.3) is 0 Å². The van der Waals surface area contributed by atoms with Gasteiger partial charge in [-0.25, -0.2) is 0 Å². The number of nitrogens with two attached hydrogens (primary N) is 1. The Kier molecular flexibility index (Phi) is 17.4. The highest BCUT2D eigenvalue weighted by atomic mass is 16.0. The molecule has 22 heavy (non-hydrogen) atoms. The molecule has 0 heterocycles. The lowest BCUT2D eigenvalue weighted by Crippen LogP contribution is -2.18. The van der Waals surface area contributed by atoms with Crippen molar-refractivity contribution in [3.05, 3.63) is 0 Å². The molecule has 0 spiro atoms. The van der Waals surface area contributed by atoms with Gasteiger partial charge in [-0.05, 0) is 30.7 Å². The maximum absolute atomic E-state index is 5.50. The van der Waals surface area contributed by atoms with Crippen LogP contribution in [0.15, 0.2) is 0 Å². The molecule has 0 rings (SSSR count). The van der Waals surface area contributed by atoms with Crippen molar-refractivity contribution >= 4 is 0 Å². The van der Waals surface area contributed by atoms with Gasteiger partial charge in [-0.1, -0.05) is 98.3 Å². The SMILES string of the molecule is CC(C)C(C)(C)CCCCCCCCCCCCCCN.O. The first kappa shape index (κ1) is 24.2. The van der Waals surface area contributed by atoms with Crippen molar-refractivity contribution in [1.29, 1.82) is 0 Å². The van der Waals surface area contributed by atoms with Gasteiger partial charge in [0.2, 0.25) is 0 Å². The van der Waals surface area contributed by atoms with Crippen LogP contribution in [0.3, 0.4) is 0 Å². The van der Waals surface area contributed by atoms with Crippen LogP contribution in [0.4, 0.5) is 0 Å². The van der Waals surface area contributed by atoms with E-state index >= 15 is 0 Å². The smallest absolute Gasteiger partial charge is 0.00773 e. The summed E-state index contributed by atoms with van der Waals surface area (Å²) in [5, 5.41) is 0. The molecule has 0 unspecified atom stereocenters. The van der Waals surface area contributed by atoms with E-state index < -0.39 is 0 Å². The lowest BCUT2D eigenvalue weighted by molar-refractivity contribution is 0.221. The number of rotatable bonds is 15. The first-order chi connectivity index (χ1) is 10.0. The Morgan fingerprint density at radius 1 is 0.636 bits per heavy atom. The highest BCUT2D eigenvalue weighted by Gasteiger charge is 2.20. The minimum Gasteiger partial charge on any atom is -0.412 e. The van der Waals surface area contributed by atoms with Crippen molar-refractivity contribution < 1.29 is 5.48 Å². The Morgan fingerprint density at radius 3 is 1.27 bits per heavy atom. The third kappa shape index (κ3) is 14.8. The van der Waals surface area contributed by atoms with Crippen LogP contribution < -0.4 is 5.73 Å². The molecule has 0 aliphatic rings. The summed E-state index contributed by atoms with van der Waals surface area (Å²) >= 11 is 0. The molecule has 0 fully saturated rings. The molecule has 0 radical (unpaired) electrons. The van der Waals surface area contributed by atoms with Crippen LogP contribution in [0, 0.1) is 11.3 Å². The van der Waals surface area contributed by atoms with Crippen LogP contribution in [0.2, 0.25) is 0 Å². The Hall–Kier alpha value is -0.0800. The van der Waals surface area contributed by atoms with Crippen molar-refractivity contribution in [1.82, 2.24) is 0 Å². The molecule has 0 saturated carbocycles. The average molecular weight is 316 g/mol. The monoisotopic (exact) mass is 315 g/mol. The van der Waals surface area contributed by atoms with Crippen LogP contribution in [0.5, 0.6) is 0 Å². The van der Waals surface area contributed by atoms with E-state index in [9.17, 15) is 0 Å². The fourth-order valence-corrected chi connectivity index (χ4v) is 2.78. The summed E-state index contributed by atoms with van der Waals surface area (Å²) in [5.41, 5.74) is 6.03. The van der Waals surface area contributed by atoms with E-state index in [0.717, 1.165) is 12.5 Å². The van der Waals surface area contributed by atoms with Gasteiger partial charge < -0.3 is 11.2 Å². The quantitative estimate of drug-likeness (QED) is 0.377. The summed E-state index contributed by atoms with van der Waals surface area (Å²) in [7, 11) is 0. The van der Waals surface area contributed by atoms with Crippen molar-refractivity contribution in [3.8, 4) is 0 Å². The zero-order valence-electron chi connectivity index (χ0n) is 16.1. The van der Waals surface area contributed by atoms with Crippen LogP contribution in [0.25, 0.3) is 0 Å². The topological polar surface area (TPSA) is 57.5 Å². The maximum atomic E-state index is 5.50. The summed E-state index contributed by atoms with van der Waals surface area (Å²) in [6.45, 7) is 10.4. The Balaban J connectivity index is 0. The van der Waals surface area contributed by atoms with Gasteiger partial charge >= 0.3 is 0 Å². The summed E-state index contributed by atoms with van der Waals surface area (Å²) in [5.74, 6) is 0.808. The molecular weight excluding hydrogens is 270 g/mol. The van der Waals surface area contributed by atoms with Gasteiger partial charge in [-0.15, -0.1) is 0 Å². The van der Waals surface area contributed by atoms with Crippen LogP contribution in [-0.4, -0.2) is 12.0 Å². The molecule has 0 saturated heterocycles.